The van der Waals surface area contributed by atoms with Crippen LogP contribution in [-0.4, -0.2) is 45.8 Å². The molecule has 0 atom stereocenters. The van der Waals surface area contributed by atoms with Crippen LogP contribution < -0.4 is 10.6 Å². The first-order valence-electron chi connectivity index (χ1n) is 8.85. The average molecular weight is 395 g/mol. The number of hydrogen-bond acceptors (Lipinski definition) is 4. The maximum Gasteiger partial charge on any atom is 0.191 e. The summed E-state index contributed by atoms with van der Waals surface area (Å²) in [5.74, 6) is 2.93. The molecule has 0 saturated carbocycles. The molecule has 0 fully saturated rings. The van der Waals surface area contributed by atoms with Crippen molar-refractivity contribution in [2.45, 2.75) is 32.9 Å². The smallest absolute Gasteiger partial charge is 0.191 e. The SMILES string of the molecule is CCc1nncn1CCNC(=NCc1ccccc1Cl)NCCCSC. The average Bonchev–Trinajstić information content (AvgIpc) is 3.11. The van der Waals surface area contributed by atoms with Crippen LogP contribution >= 0.6 is 23.4 Å². The predicted octanol–water partition coefficient (Wildman–Crippen LogP) is 2.98. The zero-order chi connectivity index (χ0) is 18.6. The third-order valence-corrected chi connectivity index (χ3v) is 4.91. The fourth-order valence-corrected chi connectivity index (χ4v) is 3.05. The molecule has 0 radical (unpaired) electrons. The fraction of sp³-hybridized carbons (Fsp3) is 0.500. The number of halogens is 1. The Morgan fingerprint density at radius 2 is 2.08 bits per heavy atom. The predicted molar refractivity (Wildman–Crippen MR) is 111 cm³/mol. The Balaban J connectivity index is 1.91. The molecule has 2 rings (SSSR count). The van der Waals surface area contributed by atoms with Crippen molar-refractivity contribution in [2.75, 3.05) is 25.1 Å². The van der Waals surface area contributed by atoms with E-state index >= 15 is 0 Å². The first kappa shape index (κ1) is 20.6. The van der Waals surface area contributed by atoms with E-state index in [-0.39, 0.29) is 0 Å². The van der Waals surface area contributed by atoms with Crippen molar-refractivity contribution in [3.8, 4) is 0 Å². The summed E-state index contributed by atoms with van der Waals surface area (Å²) in [6, 6.07) is 7.81. The molecule has 0 bridgehead atoms. The lowest BCUT2D eigenvalue weighted by Gasteiger charge is -2.13. The van der Waals surface area contributed by atoms with Crippen LogP contribution in [-0.2, 0) is 19.5 Å². The second kappa shape index (κ2) is 11.8. The first-order chi connectivity index (χ1) is 12.7. The Bertz CT molecular complexity index is 688. The molecule has 26 heavy (non-hydrogen) atoms. The highest BCUT2D eigenvalue weighted by molar-refractivity contribution is 7.98. The molecule has 0 saturated heterocycles. The molecule has 142 valence electrons. The van der Waals surface area contributed by atoms with Crippen molar-refractivity contribution in [1.82, 2.24) is 25.4 Å². The van der Waals surface area contributed by atoms with Crippen LogP contribution in [0.1, 0.15) is 24.7 Å². The van der Waals surface area contributed by atoms with Gasteiger partial charge in [-0.2, -0.15) is 11.8 Å². The summed E-state index contributed by atoms with van der Waals surface area (Å²) in [5.41, 5.74) is 1.02. The number of benzene rings is 1. The molecule has 1 aromatic heterocycles. The molecular formula is C18H27ClN6S. The summed E-state index contributed by atoms with van der Waals surface area (Å²) in [5, 5.41) is 15.6. The summed E-state index contributed by atoms with van der Waals surface area (Å²) < 4.78 is 2.06. The van der Waals surface area contributed by atoms with E-state index in [1.54, 1.807) is 6.33 Å². The maximum absolute atomic E-state index is 6.23. The van der Waals surface area contributed by atoms with Crippen LogP contribution in [0.2, 0.25) is 5.02 Å². The molecule has 0 aliphatic rings. The van der Waals surface area contributed by atoms with Gasteiger partial charge in [0.25, 0.3) is 0 Å². The fourth-order valence-electron chi connectivity index (χ4n) is 2.42. The number of aromatic nitrogens is 3. The van der Waals surface area contributed by atoms with Gasteiger partial charge in [0.05, 0.1) is 6.54 Å². The van der Waals surface area contributed by atoms with E-state index in [2.05, 4.69) is 43.6 Å². The van der Waals surface area contributed by atoms with Crippen molar-refractivity contribution in [2.24, 2.45) is 4.99 Å². The number of guanidine groups is 1. The van der Waals surface area contributed by atoms with Gasteiger partial charge in [-0.05, 0) is 30.1 Å². The van der Waals surface area contributed by atoms with Gasteiger partial charge >= 0.3 is 0 Å². The van der Waals surface area contributed by atoms with E-state index in [4.69, 9.17) is 11.6 Å². The molecule has 0 aliphatic heterocycles. The van der Waals surface area contributed by atoms with E-state index in [1.165, 1.54) is 0 Å². The molecule has 1 aromatic carbocycles. The van der Waals surface area contributed by atoms with E-state index in [9.17, 15) is 0 Å². The molecule has 2 N–H and O–H groups in total. The Kier molecular flexibility index (Phi) is 9.34. The van der Waals surface area contributed by atoms with Crippen molar-refractivity contribution in [3.05, 3.63) is 47.0 Å². The number of rotatable bonds is 10. The van der Waals surface area contributed by atoms with Gasteiger partial charge in [0.15, 0.2) is 5.96 Å². The van der Waals surface area contributed by atoms with E-state index < -0.39 is 0 Å². The second-order valence-corrected chi connectivity index (χ2v) is 7.14. The lowest BCUT2D eigenvalue weighted by Crippen LogP contribution is -2.39. The third kappa shape index (κ3) is 6.88. The summed E-state index contributed by atoms with van der Waals surface area (Å²) in [7, 11) is 0. The van der Waals surface area contributed by atoms with E-state index in [1.807, 2.05) is 36.0 Å². The van der Waals surface area contributed by atoms with Crippen LogP contribution in [0.3, 0.4) is 0 Å². The third-order valence-electron chi connectivity index (χ3n) is 3.84. The highest BCUT2D eigenvalue weighted by atomic mass is 35.5. The number of nitrogens with zero attached hydrogens (tertiary/aromatic N) is 4. The Morgan fingerprint density at radius 3 is 2.85 bits per heavy atom. The highest BCUT2D eigenvalue weighted by Crippen LogP contribution is 2.15. The molecule has 8 heteroatoms. The van der Waals surface area contributed by atoms with Gasteiger partial charge in [-0.1, -0.05) is 36.7 Å². The van der Waals surface area contributed by atoms with Gasteiger partial charge in [-0.3, -0.25) is 0 Å². The van der Waals surface area contributed by atoms with Gasteiger partial charge in [0, 0.05) is 31.1 Å². The molecule has 0 aliphatic carbocycles. The Hall–Kier alpha value is -1.73. The number of nitrogens with one attached hydrogen (secondary N) is 2. The van der Waals surface area contributed by atoms with Crippen LogP contribution in [0.5, 0.6) is 0 Å². The summed E-state index contributed by atoms with van der Waals surface area (Å²) in [4.78, 5) is 4.68. The maximum atomic E-state index is 6.23. The molecule has 6 nitrogen and oxygen atoms in total. The lowest BCUT2D eigenvalue weighted by molar-refractivity contribution is 0.631. The van der Waals surface area contributed by atoms with Gasteiger partial charge in [0.1, 0.15) is 12.2 Å². The monoisotopic (exact) mass is 394 g/mol. The van der Waals surface area contributed by atoms with Gasteiger partial charge in [-0.15, -0.1) is 10.2 Å². The van der Waals surface area contributed by atoms with Crippen LogP contribution in [0.25, 0.3) is 0 Å². The van der Waals surface area contributed by atoms with Crippen molar-refractivity contribution in [1.29, 1.82) is 0 Å². The minimum absolute atomic E-state index is 0.546. The van der Waals surface area contributed by atoms with E-state index in [0.29, 0.717) is 6.54 Å². The Morgan fingerprint density at radius 1 is 1.27 bits per heavy atom. The molecule has 2 aromatic rings. The van der Waals surface area contributed by atoms with Crippen LogP contribution in [0, 0.1) is 0 Å². The number of aliphatic imine (C=N–C) groups is 1. The lowest BCUT2D eigenvalue weighted by atomic mass is 10.2. The first-order valence-corrected chi connectivity index (χ1v) is 10.6. The topological polar surface area (TPSA) is 67.1 Å². The summed E-state index contributed by atoms with van der Waals surface area (Å²) >= 11 is 8.08. The quantitative estimate of drug-likeness (QED) is 0.368. The molecule has 0 unspecified atom stereocenters. The van der Waals surface area contributed by atoms with Crippen molar-refractivity contribution < 1.29 is 0 Å². The van der Waals surface area contributed by atoms with Crippen molar-refractivity contribution in [3.63, 3.8) is 0 Å². The largest absolute Gasteiger partial charge is 0.356 e. The highest BCUT2D eigenvalue weighted by Gasteiger charge is 2.04. The minimum atomic E-state index is 0.546. The van der Waals surface area contributed by atoms with Crippen LogP contribution in [0.4, 0.5) is 0 Å². The number of thioether (sulfide) groups is 1. The van der Waals surface area contributed by atoms with Gasteiger partial charge < -0.3 is 15.2 Å². The minimum Gasteiger partial charge on any atom is -0.356 e. The number of aryl methyl sites for hydroxylation is 1. The Labute approximate surface area is 164 Å². The zero-order valence-electron chi connectivity index (χ0n) is 15.4. The van der Waals surface area contributed by atoms with E-state index in [0.717, 1.165) is 60.6 Å². The second-order valence-electron chi connectivity index (χ2n) is 5.75. The molecule has 0 spiro atoms. The summed E-state index contributed by atoms with van der Waals surface area (Å²) in [6.45, 7) is 5.07. The normalized spacial score (nSPS) is 11.6. The zero-order valence-corrected chi connectivity index (χ0v) is 17.0. The number of hydrogen-bond donors (Lipinski definition) is 2. The molecular weight excluding hydrogens is 368 g/mol. The summed E-state index contributed by atoms with van der Waals surface area (Å²) in [6.07, 6.45) is 5.86. The van der Waals surface area contributed by atoms with Gasteiger partial charge in [-0.25, -0.2) is 4.99 Å². The molecule has 1 heterocycles. The van der Waals surface area contributed by atoms with Crippen molar-refractivity contribution >= 4 is 29.3 Å². The molecule has 0 amide bonds. The van der Waals surface area contributed by atoms with Gasteiger partial charge in [0.2, 0.25) is 0 Å². The van der Waals surface area contributed by atoms with Crippen LogP contribution in [0.15, 0.2) is 35.6 Å². The standard InChI is InChI=1S/C18H27ClN6S/c1-3-17-24-23-14-25(17)11-10-21-18(20-9-6-12-26-2)22-13-15-7-4-5-8-16(15)19/h4-5,7-8,14H,3,6,9-13H2,1-2H3,(H2,20,21,22).